The molecule has 0 heterocycles. The van der Waals surface area contributed by atoms with Crippen molar-refractivity contribution in [2.45, 2.75) is 11.8 Å². The molecule has 0 atom stereocenters. The maximum Gasteiger partial charge on any atom is 0.264 e. The largest absolute Gasteiger partial charge is 0.340 e. The van der Waals surface area contributed by atoms with Gasteiger partial charge in [0.15, 0.2) is 0 Å². The van der Waals surface area contributed by atoms with E-state index in [1.54, 1.807) is 60.5 Å². The fraction of sp³-hybridized carbons (Fsp3) is 0.316. The van der Waals surface area contributed by atoms with Gasteiger partial charge >= 0.3 is 0 Å². The second-order valence-corrected chi connectivity index (χ2v) is 8.13. The molecule has 0 saturated carbocycles. The normalized spacial score (nSPS) is 11.2. The van der Waals surface area contributed by atoms with Gasteiger partial charge in [-0.2, -0.15) is 0 Å². The van der Waals surface area contributed by atoms with Crippen LogP contribution in [-0.4, -0.2) is 53.5 Å². The van der Waals surface area contributed by atoms with E-state index < -0.39 is 10.0 Å². The number of amides is 1. The summed E-state index contributed by atoms with van der Waals surface area (Å²) < 4.78 is 26.7. The first kappa shape index (κ1) is 19.9. The number of sulfonamides is 1. The van der Waals surface area contributed by atoms with Gasteiger partial charge in [0.2, 0.25) is 0 Å². The molecule has 2 aromatic carbocycles. The molecule has 26 heavy (non-hydrogen) atoms. The zero-order valence-electron chi connectivity index (χ0n) is 15.6. The number of rotatable bonds is 7. The Morgan fingerprint density at radius 1 is 1.00 bits per heavy atom. The van der Waals surface area contributed by atoms with Crippen LogP contribution in [0, 0.1) is 6.92 Å². The lowest BCUT2D eigenvalue weighted by atomic mass is 10.2. The minimum atomic E-state index is -3.64. The molecule has 1 amide bonds. The number of nitrogens with one attached hydrogen (secondary N) is 1. The average molecular weight is 375 g/mol. The van der Waals surface area contributed by atoms with E-state index in [-0.39, 0.29) is 10.8 Å². The van der Waals surface area contributed by atoms with Crippen molar-refractivity contribution in [2.75, 3.05) is 38.5 Å². The van der Waals surface area contributed by atoms with Gasteiger partial charge in [0.1, 0.15) is 0 Å². The molecule has 0 aliphatic heterocycles. The fourth-order valence-corrected chi connectivity index (χ4v) is 3.62. The van der Waals surface area contributed by atoms with E-state index >= 15 is 0 Å². The standard InChI is InChI=1S/C19H25N3O3S/c1-15-5-11-18(12-6-15)26(24,25)22(4)17-9-7-16(8-10-17)19(23)21(3)14-13-20-2/h5-12,20H,13-14H2,1-4H3. The van der Waals surface area contributed by atoms with Crippen molar-refractivity contribution < 1.29 is 13.2 Å². The lowest BCUT2D eigenvalue weighted by Crippen LogP contribution is -2.32. The maximum absolute atomic E-state index is 12.7. The lowest BCUT2D eigenvalue weighted by molar-refractivity contribution is 0.0797. The van der Waals surface area contributed by atoms with Crippen molar-refractivity contribution >= 4 is 21.6 Å². The van der Waals surface area contributed by atoms with Gasteiger partial charge in [-0.15, -0.1) is 0 Å². The van der Waals surface area contributed by atoms with Gasteiger partial charge < -0.3 is 10.2 Å². The molecule has 0 unspecified atom stereocenters. The highest BCUT2D eigenvalue weighted by atomic mass is 32.2. The maximum atomic E-state index is 12.7. The van der Waals surface area contributed by atoms with Crippen molar-refractivity contribution in [3.63, 3.8) is 0 Å². The zero-order valence-corrected chi connectivity index (χ0v) is 16.4. The van der Waals surface area contributed by atoms with Crippen LogP contribution in [0.4, 0.5) is 5.69 Å². The first-order valence-corrected chi connectivity index (χ1v) is 9.77. The van der Waals surface area contributed by atoms with Crippen LogP contribution >= 0.6 is 0 Å². The first-order valence-electron chi connectivity index (χ1n) is 8.33. The molecule has 2 rings (SSSR count). The average Bonchev–Trinajstić information content (AvgIpc) is 2.65. The highest BCUT2D eigenvalue weighted by Gasteiger charge is 2.21. The number of hydrogen-bond acceptors (Lipinski definition) is 4. The van der Waals surface area contributed by atoms with Crippen LogP contribution in [0.1, 0.15) is 15.9 Å². The first-order chi connectivity index (χ1) is 12.3. The van der Waals surface area contributed by atoms with Gasteiger partial charge in [-0.05, 0) is 50.4 Å². The molecular weight excluding hydrogens is 350 g/mol. The molecule has 0 fully saturated rings. The van der Waals surface area contributed by atoms with Crippen LogP contribution in [0.15, 0.2) is 53.4 Å². The van der Waals surface area contributed by atoms with Crippen LogP contribution < -0.4 is 9.62 Å². The summed E-state index contributed by atoms with van der Waals surface area (Å²) in [6.45, 7) is 3.21. The van der Waals surface area contributed by atoms with Crippen molar-refractivity contribution in [3.8, 4) is 0 Å². The van der Waals surface area contributed by atoms with Crippen LogP contribution in [0.5, 0.6) is 0 Å². The number of nitrogens with zero attached hydrogens (tertiary/aromatic N) is 2. The minimum absolute atomic E-state index is 0.101. The number of carbonyl (C=O) groups excluding carboxylic acids is 1. The van der Waals surface area contributed by atoms with E-state index in [1.807, 2.05) is 14.0 Å². The number of carbonyl (C=O) groups is 1. The van der Waals surface area contributed by atoms with Crippen LogP contribution in [0.2, 0.25) is 0 Å². The number of hydrogen-bond donors (Lipinski definition) is 1. The fourth-order valence-electron chi connectivity index (χ4n) is 2.42. The number of aryl methyl sites for hydroxylation is 1. The molecule has 0 aromatic heterocycles. The Hall–Kier alpha value is -2.38. The van der Waals surface area contributed by atoms with Crippen LogP contribution in [-0.2, 0) is 10.0 Å². The number of likely N-dealkylation sites (N-methyl/N-ethyl adjacent to an activating group) is 2. The molecular formula is C19H25N3O3S. The van der Waals surface area contributed by atoms with Crippen molar-refractivity contribution in [1.82, 2.24) is 10.2 Å². The van der Waals surface area contributed by atoms with E-state index in [4.69, 9.17) is 0 Å². The third kappa shape index (κ3) is 4.42. The topological polar surface area (TPSA) is 69.7 Å². The van der Waals surface area contributed by atoms with Crippen molar-refractivity contribution in [3.05, 3.63) is 59.7 Å². The second kappa shape index (κ2) is 8.33. The summed E-state index contributed by atoms with van der Waals surface area (Å²) in [7, 11) is 1.43. The Morgan fingerprint density at radius 2 is 1.58 bits per heavy atom. The van der Waals surface area contributed by atoms with E-state index in [2.05, 4.69) is 5.32 Å². The zero-order chi connectivity index (χ0) is 19.3. The summed E-state index contributed by atoms with van der Waals surface area (Å²) in [5, 5.41) is 3.00. The number of benzene rings is 2. The van der Waals surface area contributed by atoms with Gasteiger partial charge in [-0.1, -0.05) is 17.7 Å². The molecule has 1 N–H and O–H groups in total. The molecule has 0 bridgehead atoms. The Bertz CT molecular complexity index is 847. The quantitative estimate of drug-likeness (QED) is 0.805. The highest BCUT2D eigenvalue weighted by Crippen LogP contribution is 2.23. The third-order valence-electron chi connectivity index (χ3n) is 4.20. The third-order valence-corrected chi connectivity index (χ3v) is 6.00. The Labute approximate surface area is 155 Å². The van der Waals surface area contributed by atoms with E-state index in [0.717, 1.165) is 5.56 Å². The molecule has 0 radical (unpaired) electrons. The molecule has 0 aliphatic carbocycles. The Balaban J connectivity index is 2.19. The lowest BCUT2D eigenvalue weighted by Gasteiger charge is -2.21. The summed E-state index contributed by atoms with van der Waals surface area (Å²) in [5.74, 6) is -0.101. The number of anilines is 1. The highest BCUT2D eigenvalue weighted by molar-refractivity contribution is 7.92. The van der Waals surface area contributed by atoms with Gasteiger partial charge in [-0.25, -0.2) is 8.42 Å². The summed E-state index contributed by atoms with van der Waals surface area (Å²) in [5.41, 5.74) is 2.02. The summed E-state index contributed by atoms with van der Waals surface area (Å²) in [6, 6.07) is 13.3. The predicted octanol–water partition coefficient (Wildman–Crippen LogP) is 2.11. The second-order valence-electron chi connectivity index (χ2n) is 6.16. The van der Waals surface area contributed by atoms with Crippen LogP contribution in [0.3, 0.4) is 0 Å². The summed E-state index contributed by atoms with van der Waals surface area (Å²) >= 11 is 0. The predicted molar refractivity (Wildman–Crippen MR) is 104 cm³/mol. The van der Waals surface area contributed by atoms with Gasteiger partial charge in [0, 0.05) is 32.7 Å². The van der Waals surface area contributed by atoms with Gasteiger partial charge in [-0.3, -0.25) is 9.10 Å². The molecule has 0 saturated heterocycles. The molecule has 6 nitrogen and oxygen atoms in total. The van der Waals surface area contributed by atoms with Crippen LogP contribution in [0.25, 0.3) is 0 Å². The van der Waals surface area contributed by atoms with Gasteiger partial charge in [0.25, 0.3) is 15.9 Å². The molecule has 0 spiro atoms. The van der Waals surface area contributed by atoms with Crippen molar-refractivity contribution in [1.29, 1.82) is 0 Å². The Morgan fingerprint density at radius 3 is 2.12 bits per heavy atom. The molecule has 7 heteroatoms. The summed E-state index contributed by atoms with van der Waals surface area (Å²) in [4.78, 5) is 14.2. The van der Waals surface area contributed by atoms with E-state index in [9.17, 15) is 13.2 Å². The van der Waals surface area contributed by atoms with E-state index in [1.165, 1.54) is 11.4 Å². The van der Waals surface area contributed by atoms with E-state index in [0.29, 0.717) is 24.3 Å². The molecule has 2 aromatic rings. The smallest absolute Gasteiger partial charge is 0.264 e. The monoisotopic (exact) mass is 375 g/mol. The molecule has 140 valence electrons. The van der Waals surface area contributed by atoms with Gasteiger partial charge in [0.05, 0.1) is 10.6 Å². The minimum Gasteiger partial charge on any atom is -0.340 e. The summed E-state index contributed by atoms with van der Waals surface area (Å²) in [6.07, 6.45) is 0. The SMILES string of the molecule is CNCCN(C)C(=O)c1ccc(N(C)S(=O)(=O)c2ccc(C)cc2)cc1. The molecule has 0 aliphatic rings. The van der Waals surface area contributed by atoms with Crippen molar-refractivity contribution in [2.24, 2.45) is 0 Å². The Kier molecular flexibility index (Phi) is 6.39.